The zero-order valence-electron chi connectivity index (χ0n) is 13.2. The zero-order valence-corrected chi connectivity index (χ0v) is 14.0. The van der Waals surface area contributed by atoms with Crippen molar-refractivity contribution in [1.82, 2.24) is 9.62 Å². The summed E-state index contributed by atoms with van der Waals surface area (Å²) in [6, 6.07) is 6.07. The van der Waals surface area contributed by atoms with E-state index in [4.69, 9.17) is 0 Å². The van der Waals surface area contributed by atoms with Gasteiger partial charge in [0.2, 0.25) is 10.0 Å². The van der Waals surface area contributed by atoms with Gasteiger partial charge in [-0.05, 0) is 49.4 Å². The Balaban J connectivity index is 2.15. The van der Waals surface area contributed by atoms with Crippen LogP contribution >= 0.6 is 0 Å². The second-order valence-electron chi connectivity index (χ2n) is 5.92. The van der Waals surface area contributed by atoms with Crippen molar-refractivity contribution in [3.63, 3.8) is 0 Å². The molecule has 1 aromatic rings. The molecule has 0 amide bonds. The summed E-state index contributed by atoms with van der Waals surface area (Å²) < 4.78 is 26.6. The molecule has 0 radical (unpaired) electrons. The Kier molecular flexibility index (Phi) is 5.41. The third kappa shape index (κ3) is 4.28. The third-order valence-electron chi connectivity index (χ3n) is 4.01. The number of hydrogen-bond acceptors (Lipinski definition) is 3. The molecule has 5 heteroatoms. The molecular weight excluding hydrogens is 284 g/mol. The van der Waals surface area contributed by atoms with Gasteiger partial charge in [-0.25, -0.2) is 12.7 Å². The van der Waals surface area contributed by atoms with Crippen molar-refractivity contribution < 1.29 is 8.42 Å². The fourth-order valence-corrected chi connectivity index (χ4v) is 3.48. The molecule has 0 aliphatic heterocycles. The van der Waals surface area contributed by atoms with Crippen molar-refractivity contribution in [2.24, 2.45) is 0 Å². The number of nitrogens with one attached hydrogen (secondary N) is 1. The van der Waals surface area contributed by atoms with Gasteiger partial charge in [-0.1, -0.05) is 19.4 Å². The lowest BCUT2D eigenvalue weighted by Gasteiger charge is -2.18. The molecule has 1 N–H and O–H groups in total. The van der Waals surface area contributed by atoms with Gasteiger partial charge in [-0.15, -0.1) is 0 Å². The highest BCUT2D eigenvalue weighted by Gasteiger charge is 2.23. The summed E-state index contributed by atoms with van der Waals surface area (Å²) in [6.45, 7) is 5.41. The highest BCUT2D eigenvalue weighted by Crippen LogP contribution is 2.22. The predicted octanol–water partition coefficient (Wildman–Crippen LogP) is 2.67. The molecule has 1 fully saturated rings. The zero-order chi connectivity index (χ0) is 15.5. The largest absolute Gasteiger partial charge is 0.310 e. The van der Waals surface area contributed by atoms with Gasteiger partial charge in [-0.3, -0.25) is 0 Å². The monoisotopic (exact) mass is 310 g/mol. The highest BCUT2D eigenvalue weighted by molar-refractivity contribution is 7.89. The molecule has 0 unspecified atom stereocenters. The van der Waals surface area contributed by atoms with Crippen LogP contribution in [0.15, 0.2) is 23.1 Å². The summed E-state index contributed by atoms with van der Waals surface area (Å²) >= 11 is 0. The molecule has 0 heterocycles. The second kappa shape index (κ2) is 6.90. The van der Waals surface area contributed by atoms with Gasteiger partial charge in [0.25, 0.3) is 0 Å². The van der Waals surface area contributed by atoms with Gasteiger partial charge in [0.05, 0.1) is 4.90 Å². The fourth-order valence-electron chi connectivity index (χ4n) is 2.22. The molecule has 118 valence electrons. The van der Waals surface area contributed by atoms with Gasteiger partial charge in [0, 0.05) is 26.2 Å². The quantitative estimate of drug-likeness (QED) is 0.803. The number of aryl methyl sites for hydroxylation is 1. The topological polar surface area (TPSA) is 49.4 Å². The van der Waals surface area contributed by atoms with Crippen molar-refractivity contribution in [1.29, 1.82) is 0 Å². The molecular formula is C16H26N2O2S. The van der Waals surface area contributed by atoms with E-state index in [0.29, 0.717) is 17.5 Å². The van der Waals surface area contributed by atoms with E-state index in [9.17, 15) is 8.42 Å². The van der Waals surface area contributed by atoms with E-state index in [-0.39, 0.29) is 0 Å². The van der Waals surface area contributed by atoms with Crippen LogP contribution < -0.4 is 5.32 Å². The molecule has 2 rings (SSSR count). The van der Waals surface area contributed by atoms with Crippen LogP contribution in [0, 0.1) is 6.92 Å². The molecule has 0 aromatic heterocycles. The minimum atomic E-state index is -3.37. The van der Waals surface area contributed by atoms with Gasteiger partial charge in [0.15, 0.2) is 0 Å². The van der Waals surface area contributed by atoms with Crippen LogP contribution in [0.5, 0.6) is 0 Å². The summed E-state index contributed by atoms with van der Waals surface area (Å²) in [4.78, 5) is 0.402. The number of sulfonamides is 1. The van der Waals surface area contributed by atoms with Crippen LogP contribution in [0.25, 0.3) is 0 Å². The minimum absolute atomic E-state index is 0.402. The maximum absolute atomic E-state index is 12.6. The SMILES string of the molecule is CCCCN(C)S(=O)(=O)c1ccc(C)c(CNC2CC2)c1. The van der Waals surface area contributed by atoms with Crippen LogP contribution in [-0.2, 0) is 16.6 Å². The van der Waals surface area contributed by atoms with Gasteiger partial charge >= 0.3 is 0 Å². The first-order valence-corrected chi connectivity index (χ1v) is 9.18. The van der Waals surface area contributed by atoms with Crippen LogP contribution in [0.1, 0.15) is 43.7 Å². The smallest absolute Gasteiger partial charge is 0.242 e. The first-order valence-electron chi connectivity index (χ1n) is 7.74. The summed E-state index contributed by atoms with van der Waals surface area (Å²) in [6.07, 6.45) is 4.34. The van der Waals surface area contributed by atoms with E-state index in [1.165, 1.54) is 17.1 Å². The first-order chi connectivity index (χ1) is 9.95. The molecule has 0 bridgehead atoms. The Morgan fingerprint density at radius 2 is 2.05 bits per heavy atom. The molecule has 1 aliphatic rings. The van der Waals surface area contributed by atoms with Crippen molar-refractivity contribution in [2.45, 2.75) is 57.0 Å². The van der Waals surface area contributed by atoms with Crippen molar-refractivity contribution in [2.75, 3.05) is 13.6 Å². The Morgan fingerprint density at radius 3 is 2.67 bits per heavy atom. The molecule has 1 saturated carbocycles. The Hall–Kier alpha value is -0.910. The minimum Gasteiger partial charge on any atom is -0.310 e. The summed E-state index contributed by atoms with van der Waals surface area (Å²) in [5.74, 6) is 0. The molecule has 4 nitrogen and oxygen atoms in total. The number of nitrogens with zero attached hydrogens (tertiary/aromatic N) is 1. The molecule has 0 saturated heterocycles. The molecule has 21 heavy (non-hydrogen) atoms. The van der Waals surface area contributed by atoms with Crippen molar-refractivity contribution in [3.05, 3.63) is 29.3 Å². The third-order valence-corrected chi connectivity index (χ3v) is 5.87. The lowest BCUT2D eigenvalue weighted by molar-refractivity contribution is 0.459. The number of unbranched alkanes of at least 4 members (excludes halogenated alkanes) is 1. The Bertz CT molecular complexity index is 580. The summed E-state index contributed by atoms with van der Waals surface area (Å²) in [5.41, 5.74) is 2.21. The predicted molar refractivity (Wildman–Crippen MR) is 85.8 cm³/mol. The molecule has 0 spiro atoms. The van der Waals surface area contributed by atoms with Crippen molar-refractivity contribution >= 4 is 10.0 Å². The lowest BCUT2D eigenvalue weighted by Crippen LogP contribution is -2.28. The van der Waals surface area contributed by atoms with Crippen molar-refractivity contribution in [3.8, 4) is 0 Å². The Labute approximate surface area is 128 Å². The van der Waals surface area contributed by atoms with E-state index >= 15 is 0 Å². The standard InChI is InChI=1S/C16H26N2O2S/c1-4-5-10-18(3)21(19,20)16-9-6-13(2)14(11-16)12-17-15-7-8-15/h6,9,11,15,17H,4-5,7-8,10,12H2,1-3H3. The van der Waals surface area contributed by atoms with Gasteiger partial charge in [0.1, 0.15) is 0 Å². The average Bonchev–Trinajstić information content (AvgIpc) is 3.27. The number of rotatable bonds is 8. The fraction of sp³-hybridized carbons (Fsp3) is 0.625. The number of hydrogen-bond donors (Lipinski definition) is 1. The summed E-state index contributed by atoms with van der Waals surface area (Å²) in [5, 5.41) is 3.45. The Morgan fingerprint density at radius 1 is 1.33 bits per heavy atom. The normalized spacial score (nSPS) is 15.6. The summed E-state index contributed by atoms with van der Waals surface area (Å²) in [7, 11) is -1.71. The maximum atomic E-state index is 12.6. The molecule has 0 atom stereocenters. The molecule has 1 aliphatic carbocycles. The van der Waals surface area contributed by atoms with Crippen LogP contribution in [0.3, 0.4) is 0 Å². The van der Waals surface area contributed by atoms with Crippen LogP contribution in [0.4, 0.5) is 0 Å². The van der Waals surface area contributed by atoms with Gasteiger partial charge in [-0.2, -0.15) is 0 Å². The first kappa shape index (κ1) is 16.5. The second-order valence-corrected chi connectivity index (χ2v) is 7.97. The average molecular weight is 310 g/mol. The van der Waals surface area contributed by atoms with E-state index in [2.05, 4.69) is 12.2 Å². The maximum Gasteiger partial charge on any atom is 0.242 e. The van der Waals surface area contributed by atoms with E-state index in [1.807, 2.05) is 19.1 Å². The van der Waals surface area contributed by atoms with Crippen LogP contribution in [-0.4, -0.2) is 32.4 Å². The lowest BCUT2D eigenvalue weighted by atomic mass is 10.1. The molecule has 1 aromatic carbocycles. The van der Waals surface area contributed by atoms with E-state index < -0.39 is 10.0 Å². The van der Waals surface area contributed by atoms with Crippen LogP contribution in [0.2, 0.25) is 0 Å². The van der Waals surface area contributed by atoms with E-state index in [0.717, 1.165) is 30.5 Å². The highest BCUT2D eigenvalue weighted by atomic mass is 32.2. The number of benzene rings is 1. The van der Waals surface area contributed by atoms with Gasteiger partial charge < -0.3 is 5.32 Å². The van der Waals surface area contributed by atoms with E-state index in [1.54, 1.807) is 13.1 Å².